The predicted molar refractivity (Wildman–Crippen MR) is 132 cm³/mol. The van der Waals surface area contributed by atoms with E-state index in [0.717, 1.165) is 25.9 Å². The molecule has 12 nitrogen and oxygen atoms in total. The lowest BCUT2D eigenvalue weighted by molar-refractivity contribution is -0.141. The number of nitrogens with zero attached hydrogens (tertiary/aromatic N) is 4. The number of aryl methyl sites for hydroxylation is 2. The molecule has 0 spiro atoms. The van der Waals surface area contributed by atoms with Crippen LogP contribution in [0.25, 0.3) is 0 Å². The summed E-state index contributed by atoms with van der Waals surface area (Å²) in [6.07, 6.45) is 9.19. The number of carboxylic acids is 2. The number of aromatic nitrogens is 2. The molecule has 0 saturated heterocycles. The van der Waals surface area contributed by atoms with Gasteiger partial charge in [-0.05, 0) is 37.1 Å². The van der Waals surface area contributed by atoms with Crippen LogP contribution in [0.4, 0.5) is 0 Å². The quantitative estimate of drug-likeness (QED) is 0.192. The fourth-order valence-electron chi connectivity index (χ4n) is 3.63. The maximum atomic E-state index is 12.3. The number of rotatable bonds is 19. The third-order valence-corrected chi connectivity index (χ3v) is 5.35. The molecule has 12 heteroatoms. The summed E-state index contributed by atoms with van der Waals surface area (Å²) < 4.78 is 4.00. The molecule has 0 saturated carbocycles. The molecule has 198 valence electrons. The minimum absolute atomic E-state index is 0.122. The van der Waals surface area contributed by atoms with E-state index in [1.165, 1.54) is 9.80 Å². The van der Waals surface area contributed by atoms with E-state index < -0.39 is 11.9 Å². The molecule has 0 atom stereocenters. The molecule has 0 bridgehead atoms. The van der Waals surface area contributed by atoms with Gasteiger partial charge in [0.1, 0.15) is 0 Å². The number of carboxylic acid groups (broad SMARTS) is 2. The van der Waals surface area contributed by atoms with Crippen molar-refractivity contribution in [3.63, 3.8) is 0 Å². The highest BCUT2D eigenvalue weighted by Gasteiger charge is 2.18. The van der Waals surface area contributed by atoms with Crippen molar-refractivity contribution in [2.24, 2.45) is 0 Å². The molecule has 4 N–H and O–H groups in total. The van der Waals surface area contributed by atoms with E-state index in [2.05, 4.69) is 10.6 Å². The Morgan fingerprint density at radius 3 is 1.31 bits per heavy atom. The maximum absolute atomic E-state index is 12.3. The van der Waals surface area contributed by atoms with Gasteiger partial charge in [0, 0.05) is 64.1 Å². The van der Waals surface area contributed by atoms with Crippen molar-refractivity contribution in [2.75, 3.05) is 52.4 Å². The van der Waals surface area contributed by atoms with Crippen LogP contribution in [0.1, 0.15) is 12.8 Å². The summed E-state index contributed by atoms with van der Waals surface area (Å²) >= 11 is 0. The van der Waals surface area contributed by atoms with Gasteiger partial charge in [0.05, 0.1) is 26.2 Å². The number of carbonyl (C=O) groups excluding carboxylic acids is 2. The number of hydrogen-bond acceptors (Lipinski definition) is 6. The number of aliphatic carboxylic acids is 2. The summed E-state index contributed by atoms with van der Waals surface area (Å²) in [5.41, 5.74) is 0. The number of nitrogens with one attached hydrogen (secondary N) is 2. The average molecular weight is 505 g/mol. The molecule has 2 heterocycles. The third kappa shape index (κ3) is 12.7. The molecule has 0 aromatic carbocycles. The van der Waals surface area contributed by atoms with E-state index >= 15 is 0 Å². The molecule has 2 aromatic rings. The van der Waals surface area contributed by atoms with Gasteiger partial charge in [0.15, 0.2) is 0 Å². The highest BCUT2D eigenvalue weighted by Crippen LogP contribution is 1.97. The van der Waals surface area contributed by atoms with E-state index in [9.17, 15) is 29.4 Å². The monoisotopic (exact) mass is 504 g/mol. The Morgan fingerprint density at radius 2 is 0.972 bits per heavy atom. The largest absolute Gasteiger partial charge is 0.480 e. The van der Waals surface area contributed by atoms with Gasteiger partial charge in [-0.25, -0.2) is 0 Å². The standard InChI is InChI=1S/C24H36N6O6/c31-21(25-7-5-13-27-9-1-2-10-27)17-29(19-23(33)34)15-16-30(20-24(35)36)18-22(32)26-8-6-14-28-11-3-4-12-28/h1-4,9-12H,5-8,13-20H2,(H,25,31)(H,26,32)(H,33,34)(H,35,36). The van der Waals surface area contributed by atoms with Gasteiger partial charge in [-0.3, -0.25) is 29.0 Å². The van der Waals surface area contributed by atoms with E-state index in [1.807, 2.05) is 58.2 Å². The minimum atomic E-state index is -1.10. The van der Waals surface area contributed by atoms with Crippen molar-refractivity contribution in [3.8, 4) is 0 Å². The SMILES string of the molecule is O=C(O)CN(CCN(CC(=O)O)CC(=O)NCCCn1cccc1)CC(=O)NCCCn1cccc1. The van der Waals surface area contributed by atoms with Gasteiger partial charge in [0.25, 0.3) is 0 Å². The van der Waals surface area contributed by atoms with Crippen molar-refractivity contribution in [1.29, 1.82) is 0 Å². The zero-order chi connectivity index (χ0) is 26.2. The normalized spacial score (nSPS) is 11.1. The zero-order valence-corrected chi connectivity index (χ0v) is 20.4. The second kappa shape index (κ2) is 16.1. The van der Waals surface area contributed by atoms with Gasteiger partial charge < -0.3 is 30.0 Å². The molecule has 0 radical (unpaired) electrons. The van der Waals surface area contributed by atoms with E-state index in [0.29, 0.717) is 13.1 Å². The Kier molecular flexibility index (Phi) is 12.8. The van der Waals surface area contributed by atoms with Gasteiger partial charge >= 0.3 is 11.9 Å². The molecule has 2 aromatic heterocycles. The third-order valence-electron chi connectivity index (χ3n) is 5.35. The summed E-state index contributed by atoms with van der Waals surface area (Å²) in [6, 6.07) is 7.69. The van der Waals surface area contributed by atoms with Crippen LogP contribution >= 0.6 is 0 Å². The van der Waals surface area contributed by atoms with Crippen molar-refractivity contribution in [1.82, 2.24) is 29.6 Å². The Hall–Kier alpha value is -3.64. The molecule has 0 aliphatic carbocycles. The van der Waals surface area contributed by atoms with Gasteiger partial charge in [-0.1, -0.05) is 0 Å². The lowest BCUT2D eigenvalue weighted by Gasteiger charge is -2.25. The van der Waals surface area contributed by atoms with Crippen LogP contribution in [-0.2, 0) is 32.3 Å². The van der Waals surface area contributed by atoms with Gasteiger partial charge in [0.2, 0.25) is 11.8 Å². The fraction of sp³-hybridized carbons (Fsp3) is 0.500. The first-order valence-corrected chi connectivity index (χ1v) is 11.9. The molecular weight excluding hydrogens is 468 g/mol. The van der Waals surface area contributed by atoms with Crippen molar-refractivity contribution in [2.45, 2.75) is 25.9 Å². The first-order valence-electron chi connectivity index (χ1n) is 11.9. The van der Waals surface area contributed by atoms with Crippen LogP contribution in [-0.4, -0.2) is 105 Å². The molecule has 2 amide bonds. The van der Waals surface area contributed by atoms with E-state index in [1.54, 1.807) is 0 Å². The lowest BCUT2D eigenvalue weighted by atomic mass is 10.3. The Labute approximate surface area is 210 Å². The molecule has 0 fully saturated rings. The van der Waals surface area contributed by atoms with E-state index in [-0.39, 0.29) is 51.1 Å². The predicted octanol–water partition coefficient (Wildman–Crippen LogP) is -0.224. The van der Waals surface area contributed by atoms with Crippen LogP contribution in [0.15, 0.2) is 49.1 Å². The molecule has 2 rings (SSSR count). The minimum Gasteiger partial charge on any atom is -0.480 e. The number of amides is 2. The molecule has 0 aliphatic heterocycles. The zero-order valence-electron chi connectivity index (χ0n) is 20.4. The Bertz CT molecular complexity index is 855. The van der Waals surface area contributed by atoms with Crippen molar-refractivity contribution < 1.29 is 29.4 Å². The van der Waals surface area contributed by atoms with Crippen LogP contribution in [0.2, 0.25) is 0 Å². The van der Waals surface area contributed by atoms with Gasteiger partial charge in [-0.2, -0.15) is 0 Å². The van der Waals surface area contributed by atoms with Crippen LogP contribution < -0.4 is 10.6 Å². The Morgan fingerprint density at radius 1 is 0.611 bits per heavy atom. The van der Waals surface area contributed by atoms with Gasteiger partial charge in [-0.15, -0.1) is 0 Å². The van der Waals surface area contributed by atoms with Crippen LogP contribution in [0.3, 0.4) is 0 Å². The average Bonchev–Trinajstić information content (AvgIpc) is 3.51. The summed E-state index contributed by atoms with van der Waals surface area (Å²) in [6.45, 7) is 1.64. The maximum Gasteiger partial charge on any atom is 0.317 e. The summed E-state index contributed by atoms with van der Waals surface area (Å²) in [7, 11) is 0. The highest BCUT2D eigenvalue weighted by atomic mass is 16.4. The fourth-order valence-corrected chi connectivity index (χ4v) is 3.63. The molecule has 0 aliphatic rings. The second-order valence-corrected chi connectivity index (χ2v) is 8.46. The summed E-state index contributed by atoms with van der Waals surface area (Å²) in [5.74, 6) is -2.82. The van der Waals surface area contributed by atoms with Crippen molar-refractivity contribution in [3.05, 3.63) is 49.1 Å². The summed E-state index contributed by atoms with van der Waals surface area (Å²) in [5, 5.41) is 24.0. The molecule has 36 heavy (non-hydrogen) atoms. The first kappa shape index (κ1) is 28.6. The lowest BCUT2D eigenvalue weighted by Crippen LogP contribution is -2.46. The topological polar surface area (TPSA) is 149 Å². The summed E-state index contributed by atoms with van der Waals surface area (Å²) in [4.78, 5) is 50.0. The number of carbonyl (C=O) groups is 4. The Balaban J connectivity index is 1.74. The molecule has 0 unspecified atom stereocenters. The first-order chi connectivity index (χ1) is 17.3. The second-order valence-electron chi connectivity index (χ2n) is 8.46. The van der Waals surface area contributed by atoms with E-state index in [4.69, 9.17) is 0 Å². The van der Waals surface area contributed by atoms with Crippen LogP contribution in [0.5, 0.6) is 0 Å². The smallest absolute Gasteiger partial charge is 0.317 e. The highest BCUT2D eigenvalue weighted by molar-refractivity contribution is 5.79. The number of hydrogen-bond donors (Lipinski definition) is 4. The molecular formula is C24H36N6O6. The van der Waals surface area contributed by atoms with Crippen molar-refractivity contribution >= 4 is 23.8 Å². The van der Waals surface area contributed by atoms with Crippen LogP contribution in [0, 0.1) is 0 Å².